The molecule has 1 rings (SSSR count). The van der Waals surface area contributed by atoms with Crippen LogP contribution in [0.25, 0.3) is 0 Å². The van der Waals surface area contributed by atoms with Gasteiger partial charge in [-0.05, 0) is 12.8 Å². The summed E-state index contributed by atoms with van der Waals surface area (Å²) in [6.07, 6.45) is 5.93. The van der Waals surface area contributed by atoms with Gasteiger partial charge < -0.3 is 24.6 Å². The third-order valence-electron chi connectivity index (χ3n) is 4.24. The Morgan fingerprint density at radius 1 is 0.958 bits per heavy atom. The zero-order chi connectivity index (χ0) is 17.8. The number of carbonyl (C=O) groups is 2. The van der Waals surface area contributed by atoms with Crippen LogP contribution in [0.4, 0.5) is 0 Å². The first kappa shape index (κ1) is 20.9. The number of aliphatic hydroxyl groups excluding tert-OH is 2. The predicted octanol–water partition coefficient (Wildman–Crippen LogP) is 0.861. The zero-order valence-electron chi connectivity index (χ0n) is 14.6. The van der Waals surface area contributed by atoms with Gasteiger partial charge in [0.05, 0.1) is 32.5 Å². The molecule has 0 unspecified atom stereocenters. The third kappa shape index (κ3) is 8.08. The highest BCUT2D eigenvalue weighted by atomic mass is 16.5. The van der Waals surface area contributed by atoms with E-state index in [1.165, 1.54) is 7.11 Å². The van der Waals surface area contributed by atoms with E-state index in [0.29, 0.717) is 25.9 Å². The molecule has 2 N–H and O–H groups in total. The van der Waals surface area contributed by atoms with E-state index >= 15 is 0 Å². The molecule has 0 aliphatic carbocycles. The molecule has 1 aliphatic rings. The van der Waals surface area contributed by atoms with Crippen molar-refractivity contribution >= 4 is 11.9 Å². The van der Waals surface area contributed by atoms with Gasteiger partial charge in [0, 0.05) is 25.9 Å². The van der Waals surface area contributed by atoms with Gasteiger partial charge in [0.25, 0.3) is 0 Å². The molecule has 7 heteroatoms. The Balaban J connectivity index is 2.09. The van der Waals surface area contributed by atoms with Crippen LogP contribution in [0, 0.1) is 0 Å². The molecule has 0 aromatic carbocycles. The molecule has 0 bridgehead atoms. The number of nitrogens with zero attached hydrogens (tertiary/aromatic N) is 1. The minimum atomic E-state index is -0.408. The van der Waals surface area contributed by atoms with Crippen LogP contribution >= 0.6 is 0 Å². The number of hydrogen-bond donors (Lipinski definition) is 2. The number of hydrogen-bond acceptors (Lipinski definition) is 6. The number of esters is 1. The van der Waals surface area contributed by atoms with Gasteiger partial charge in [0.15, 0.2) is 0 Å². The maximum Gasteiger partial charge on any atom is 0.305 e. The maximum atomic E-state index is 12.2. The summed E-state index contributed by atoms with van der Waals surface area (Å²) < 4.78 is 10.0. The number of rotatable bonds is 11. The van der Waals surface area contributed by atoms with Gasteiger partial charge >= 0.3 is 5.97 Å². The first-order chi connectivity index (χ1) is 11.6. The number of morpholine rings is 1. The Kier molecular flexibility index (Phi) is 10.6. The fraction of sp³-hybridized carbons (Fsp3) is 0.882. The Morgan fingerprint density at radius 2 is 1.46 bits per heavy atom. The van der Waals surface area contributed by atoms with Gasteiger partial charge in [-0.3, -0.25) is 9.59 Å². The van der Waals surface area contributed by atoms with E-state index in [-0.39, 0.29) is 25.1 Å². The molecule has 140 valence electrons. The molecule has 0 saturated carbocycles. The Morgan fingerprint density at radius 3 is 1.96 bits per heavy atom. The first-order valence-electron chi connectivity index (χ1n) is 8.82. The van der Waals surface area contributed by atoms with Gasteiger partial charge in [-0.1, -0.05) is 25.7 Å². The van der Waals surface area contributed by atoms with Crippen LogP contribution in [0.3, 0.4) is 0 Å². The van der Waals surface area contributed by atoms with Crippen LogP contribution < -0.4 is 0 Å². The molecule has 2 atom stereocenters. The standard InChI is InChI=1S/C17H31NO6/c1-23-17(22)9-7-5-3-2-4-6-8-16(21)18-10-14(12-19)24-15(11-18)13-20/h14-15,19-20H,2-13H2,1H3/t14-,15-/m0/s1. The minimum absolute atomic E-state index is 0.0564. The summed E-state index contributed by atoms with van der Waals surface area (Å²) in [5.41, 5.74) is 0. The molecule has 0 spiro atoms. The lowest BCUT2D eigenvalue weighted by Crippen LogP contribution is -2.52. The van der Waals surface area contributed by atoms with Gasteiger partial charge in [-0.25, -0.2) is 0 Å². The Bertz CT molecular complexity index is 364. The van der Waals surface area contributed by atoms with Crippen LogP contribution in [0.1, 0.15) is 51.4 Å². The van der Waals surface area contributed by atoms with Crippen LogP contribution in [-0.4, -0.2) is 72.6 Å². The highest BCUT2D eigenvalue weighted by Crippen LogP contribution is 2.14. The van der Waals surface area contributed by atoms with Crippen molar-refractivity contribution < 1.29 is 29.3 Å². The fourth-order valence-electron chi connectivity index (χ4n) is 2.84. The topological polar surface area (TPSA) is 96.3 Å². The van der Waals surface area contributed by atoms with Crippen molar-refractivity contribution in [3.8, 4) is 0 Å². The normalized spacial score (nSPS) is 20.9. The van der Waals surface area contributed by atoms with E-state index < -0.39 is 12.2 Å². The lowest BCUT2D eigenvalue weighted by Gasteiger charge is -2.36. The van der Waals surface area contributed by atoms with Crippen LogP contribution in [0.15, 0.2) is 0 Å². The largest absolute Gasteiger partial charge is 0.469 e. The highest BCUT2D eigenvalue weighted by molar-refractivity contribution is 5.76. The van der Waals surface area contributed by atoms with E-state index in [0.717, 1.165) is 38.5 Å². The summed E-state index contributed by atoms with van der Waals surface area (Å²) in [5, 5.41) is 18.4. The summed E-state index contributed by atoms with van der Waals surface area (Å²) in [4.78, 5) is 24.9. The highest BCUT2D eigenvalue weighted by Gasteiger charge is 2.29. The Hall–Kier alpha value is -1.18. The van der Waals surface area contributed by atoms with Crippen LogP contribution in [0.5, 0.6) is 0 Å². The van der Waals surface area contributed by atoms with Gasteiger partial charge in [-0.15, -0.1) is 0 Å². The van der Waals surface area contributed by atoms with Crippen molar-refractivity contribution in [2.24, 2.45) is 0 Å². The summed E-state index contributed by atoms with van der Waals surface area (Å²) in [7, 11) is 1.40. The molecular weight excluding hydrogens is 314 g/mol. The van der Waals surface area contributed by atoms with Crippen LogP contribution in [-0.2, 0) is 19.1 Å². The van der Waals surface area contributed by atoms with Gasteiger partial charge in [0.1, 0.15) is 0 Å². The van der Waals surface area contributed by atoms with Crippen molar-refractivity contribution in [1.29, 1.82) is 0 Å². The number of ether oxygens (including phenoxy) is 2. The number of amides is 1. The average Bonchev–Trinajstić information content (AvgIpc) is 2.62. The average molecular weight is 345 g/mol. The Labute approximate surface area is 143 Å². The maximum absolute atomic E-state index is 12.2. The van der Waals surface area contributed by atoms with E-state index in [1.807, 2.05) is 0 Å². The second-order valence-corrected chi connectivity index (χ2v) is 6.24. The van der Waals surface area contributed by atoms with E-state index in [2.05, 4.69) is 4.74 Å². The lowest BCUT2D eigenvalue weighted by molar-refractivity contribution is -0.152. The fourth-order valence-corrected chi connectivity index (χ4v) is 2.84. The van der Waals surface area contributed by atoms with Crippen molar-refractivity contribution in [3.63, 3.8) is 0 Å². The van der Waals surface area contributed by atoms with E-state index in [9.17, 15) is 19.8 Å². The summed E-state index contributed by atoms with van der Waals surface area (Å²) in [6, 6.07) is 0. The molecule has 7 nitrogen and oxygen atoms in total. The molecule has 0 radical (unpaired) electrons. The number of carbonyl (C=O) groups excluding carboxylic acids is 2. The first-order valence-corrected chi connectivity index (χ1v) is 8.82. The summed E-state index contributed by atoms with van der Waals surface area (Å²) in [5.74, 6) is -0.102. The van der Waals surface area contributed by atoms with Crippen molar-refractivity contribution in [1.82, 2.24) is 4.90 Å². The molecule has 0 aromatic rings. The molecule has 1 fully saturated rings. The molecular formula is C17H31NO6. The van der Waals surface area contributed by atoms with E-state index in [1.54, 1.807) is 4.90 Å². The SMILES string of the molecule is COC(=O)CCCCCCCCC(=O)N1C[C@@H](CO)O[C@H](CO)C1. The quantitative estimate of drug-likeness (QED) is 0.426. The number of unbranched alkanes of at least 4 members (excludes halogenated alkanes) is 5. The van der Waals surface area contributed by atoms with Crippen molar-refractivity contribution in [3.05, 3.63) is 0 Å². The third-order valence-corrected chi connectivity index (χ3v) is 4.24. The summed E-state index contributed by atoms with van der Waals surface area (Å²) in [6.45, 7) is 0.483. The molecule has 24 heavy (non-hydrogen) atoms. The molecule has 1 aliphatic heterocycles. The molecule has 0 aromatic heterocycles. The summed E-state index contributed by atoms with van der Waals surface area (Å²) >= 11 is 0. The molecule has 1 saturated heterocycles. The zero-order valence-corrected chi connectivity index (χ0v) is 14.6. The predicted molar refractivity (Wildman–Crippen MR) is 88.4 cm³/mol. The second kappa shape index (κ2) is 12.2. The number of methoxy groups -OCH3 is 1. The second-order valence-electron chi connectivity index (χ2n) is 6.24. The number of aliphatic hydroxyl groups is 2. The van der Waals surface area contributed by atoms with Gasteiger partial charge in [0.2, 0.25) is 5.91 Å². The van der Waals surface area contributed by atoms with Crippen molar-refractivity contribution in [2.75, 3.05) is 33.4 Å². The lowest BCUT2D eigenvalue weighted by atomic mass is 10.1. The molecule has 1 heterocycles. The van der Waals surface area contributed by atoms with E-state index in [4.69, 9.17) is 4.74 Å². The van der Waals surface area contributed by atoms with Crippen LogP contribution in [0.2, 0.25) is 0 Å². The van der Waals surface area contributed by atoms with Crippen molar-refractivity contribution in [2.45, 2.75) is 63.6 Å². The smallest absolute Gasteiger partial charge is 0.305 e. The monoisotopic (exact) mass is 345 g/mol. The molecule has 1 amide bonds. The minimum Gasteiger partial charge on any atom is -0.469 e. The van der Waals surface area contributed by atoms with Gasteiger partial charge in [-0.2, -0.15) is 0 Å².